The van der Waals surface area contributed by atoms with E-state index in [-0.39, 0.29) is 5.41 Å². The number of furan rings is 1. The fraction of sp³-hybridized carbons (Fsp3) is 0.261. The zero-order chi connectivity index (χ0) is 16.6. The van der Waals surface area contributed by atoms with E-state index in [0.717, 1.165) is 17.7 Å². The van der Waals surface area contributed by atoms with Crippen molar-refractivity contribution in [3.05, 3.63) is 95.4 Å². The highest BCUT2D eigenvalue weighted by Gasteiger charge is 2.80. The van der Waals surface area contributed by atoms with Crippen molar-refractivity contribution in [2.24, 2.45) is 11.8 Å². The highest BCUT2D eigenvalue weighted by atomic mass is 16.3. The molecule has 2 heteroatoms. The van der Waals surface area contributed by atoms with Gasteiger partial charge in [-0.1, -0.05) is 54.6 Å². The Hall–Kier alpha value is -2.61. The molecule has 0 aliphatic heterocycles. The third-order valence-corrected chi connectivity index (χ3v) is 6.85. The molecule has 3 aliphatic rings. The lowest BCUT2D eigenvalue weighted by atomic mass is 9.64. The predicted octanol–water partition coefficient (Wildman–Crippen LogP) is 4.93. The van der Waals surface area contributed by atoms with E-state index in [1.54, 1.807) is 6.26 Å². The molecular formula is C23H18O2. The Bertz CT molecular complexity index is 972. The highest BCUT2D eigenvalue weighted by Crippen LogP contribution is 2.80. The molecule has 2 unspecified atom stereocenters. The van der Waals surface area contributed by atoms with Crippen LogP contribution < -0.4 is 0 Å². The fourth-order valence-electron chi connectivity index (χ4n) is 6.05. The van der Waals surface area contributed by atoms with Gasteiger partial charge in [-0.05, 0) is 47.4 Å². The Morgan fingerprint density at radius 2 is 1.76 bits per heavy atom. The lowest BCUT2D eigenvalue weighted by molar-refractivity contribution is 0.0909. The molecule has 0 radical (unpaired) electrons. The van der Waals surface area contributed by atoms with E-state index in [2.05, 4.69) is 30.3 Å². The van der Waals surface area contributed by atoms with Gasteiger partial charge in [0, 0.05) is 11.5 Å². The van der Waals surface area contributed by atoms with Gasteiger partial charge >= 0.3 is 0 Å². The molecule has 5 atom stereocenters. The maximum atomic E-state index is 13.6. The second-order valence-electron chi connectivity index (χ2n) is 7.67. The molecule has 2 saturated carbocycles. The van der Waals surface area contributed by atoms with Gasteiger partial charge in [-0.3, -0.25) is 4.79 Å². The smallest absolute Gasteiger partial charge is 0.173 e. The number of rotatable bonds is 3. The van der Waals surface area contributed by atoms with Crippen molar-refractivity contribution in [2.45, 2.75) is 23.7 Å². The van der Waals surface area contributed by atoms with E-state index in [9.17, 15) is 4.79 Å². The zero-order valence-electron chi connectivity index (χ0n) is 13.8. The summed E-state index contributed by atoms with van der Waals surface area (Å²) >= 11 is 0. The summed E-state index contributed by atoms with van der Waals surface area (Å²) in [5.74, 6) is 3.01. The summed E-state index contributed by atoms with van der Waals surface area (Å²) in [5, 5.41) is 0. The minimum atomic E-state index is -0.343. The molecule has 122 valence electrons. The Kier molecular flexibility index (Phi) is 2.47. The molecule has 25 heavy (non-hydrogen) atoms. The van der Waals surface area contributed by atoms with E-state index < -0.39 is 0 Å². The Labute approximate surface area is 146 Å². The van der Waals surface area contributed by atoms with Gasteiger partial charge in [0.05, 0.1) is 11.7 Å². The van der Waals surface area contributed by atoms with E-state index in [4.69, 9.17) is 4.42 Å². The maximum absolute atomic E-state index is 13.6. The molecule has 0 N–H and O–H groups in total. The van der Waals surface area contributed by atoms with E-state index in [1.165, 1.54) is 11.1 Å². The van der Waals surface area contributed by atoms with Crippen molar-refractivity contribution in [1.82, 2.24) is 0 Å². The van der Waals surface area contributed by atoms with Crippen molar-refractivity contribution in [1.29, 1.82) is 0 Å². The zero-order valence-corrected chi connectivity index (χ0v) is 13.8. The minimum absolute atomic E-state index is 0.297. The standard InChI is InChI=1S/C23H18O2/c24-22(14-7-2-1-3-8-14)23-17-10-5-4-9-15(17)16-13-18(23)21(23)20(16)19-11-6-12-25-19/h1-12,16,18,20-21H,13H2/t16-,18-,20-,21?,23?/m1/s1. The van der Waals surface area contributed by atoms with Crippen LogP contribution >= 0.6 is 0 Å². The molecule has 0 saturated heterocycles. The first-order chi connectivity index (χ1) is 12.3. The summed E-state index contributed by atoms with van der Waals surface area (Å²) in [6, 6.07) is 22.5. The van der Waals surface area contributed by atoms with Crippen molar-refractivity contribution in [2.75, 3.05) is 0 Å². The first kappa shape index (κ1) is 13.7. The van der Waals surface area contributed by atoms with Gasteiger partial charge in [0.2, 0.25) is 0 Å². The Morgan fingerprint density at radius 3 is 2.56 bits per heavy atom. The summed E-state index contributed by atoms with van der Waals surface area (Å²) in [6.07, 6.45) is 2.86. The number of benzene rings is 2. The van der Waals surface area contributed by atoms with Gasteiger partial charge in [0.25, 0.3) is 0 Å². The van der Waals surface area contributed by atoms with E-state index in [1.807, 2.05) is 36.4 Å². The van der Waals surface area contributed by atoms with E-state index >= 15 is 0 Å². The molecule has 2 aromatic carbocycles. The van der Waals surface area contributed by atoms with Crippen LogP contribution in [0.2, 0.25) is 0 Å². The van der Waals surface area contributed by atoms with Gasteiger partial charge in [0.15, 0.2) is 5.78 Å². The van der Waals surface area contributed by atoms with Gasteiger partial charge < -0.3 is 4.42 Å². The van der Waals surface area contributed by atoms with Crippen molar-refractivity contribution in [3.8, 4) is 0 Å². The quantitative estimate of drug-likeness (QED) is 0.639. The summed E-state index contributed by atoms with van der Waals surface area (Å²) in [7, 11) is 0. The highest BCUT2D eigenvalue weighted by molar-refractivity contribution is 6.08. The molecule has 2 nitrogen and oxygen atoms in total. The minimum Gasteiger partial charge on any atom is -0.469 e. The Morgan fingerprint density at radius 1 is 0.960 bits per heavy atom. The normalized spacial score (nSPS) is 33.8. The number of ketones is 1. The molecular weight excluding hydrogens is 308 g/mol. The van der Waals surface area contributed by atoms with Crippen molar-refractivity contribution < 1.29 is 9.21 Å². The van der Waals surface area contributed by atoms with Crippen LogP contribution in [0.5, 0.6) is 0 Å². The first-order valence-electron chi connectivity index (χ1n) is 9.06. The molecule has 3 aliphatic carbocycles. The number of Topliss-reactive ketones (excluding diaryl/α,β-unsaturated/α-hetero) is 1. The molecule has 3 aromatic rings. The summed E-state index contributed by atoms with van der Waals surface area (Å²) in [6.45, 7) is 0. The van der Waals surface area contributed by atoms with E-state index in [0.29, 0.717) is 29.5 Å². The van der Waals surface area contributed by atoms with Crippen LogP contribution in [0.15, 0.2) is 77.4 Å². The molecule has 6 rings (SSSR count). The lowest BCUT2D eigenvalue weighted by Crippen LogP contribution is -2.36. The Balaban J connectivity index is 1.57. The topological polar surface area (TPSA) is 30.2 Å². The van der Waals surface area contributed by atoms with Crippen LogP contribution in [-0.2, 0) is 5.41 Å². The third kappa shape index (κ3) is 1.49. The molecule has 1 heterocycles. The van der Waals surface area contributed by atoms with Crippen LogP contribution in [0.4, 0.5) is 0 Å². The van der Waals surface area contributed by atoms with Gasteiger partial charge in [-0.25, -0.2) is 0 Å². The summed E-state index contributed by atoms with van der Waals surface area (Å²) in [4.78, 5) is 13.6. The number of fused-ring (bicyclic) bond motifs is 5. The van der Waals surface area contributed by atoms with Gasteiger partial charge in [-0.15, -0.1) is 0 Å². The van der Waals surface area contributed by atoms with Gasteiger partial charge in [0.1, 0.15) is 5.76 Å². The van der Waals surface area contributed by atoms with Crippen LogP contribution in [0.25, 0.3) is 0 Å². The molecule has 1 aromatic heterocycles. The SMILES string of the molecule is O=C(c1ccccc1)C12c3ccccc3[C@H]3C[C@@H]1C2[C@H]3c1ccco1. The number of carbonyl (C=O) groups excluding carboxylic acids is 1. The molecule has 2 fully saturated rings. The average Bonchev–Trinajstić information content (AvgIpc) is 3.02. The maximum Gasteiger partial charge on any atom is 0.173 e. The molecule has 0 amide bonds. The van der Waals surface area contributed by atoms with Crippen LogP contribution in [-0.4, -0.2) is 5.78 Å². The van der Waals surface area contributed by atoms with Crippen LogP contribution in [0.1, 0.15) is 45.5 Å². The van der Waals surface area contributed by atoms with Crippen LogP contribution in [0, 0.1) is 11.8 Å². The first-order valence-corrected chi connectivity index (χ1v) is 9.06. The molecule has 2 bridgehead atoms. The third-order valence-electron chi connectivity index (χ3n) is 6.85. The van der Waals surface area contributed by atoms with Crippen molar-refractivity contribution in [3.63, 3.8) is 0 Å². The summed E-state index contributed by atoms with van der Waals surface area (Å²) < 4.78 is 5.80. The number of carbonyl (C=O) groups is 1. The second kappa shape index (κ2) is 4.51. The lowest BCUT2D eigenvalue weighted by Gasteiger charge is -2.37. The van der Waals surface area contributed by atoms with Crippen LogP contribution in [0.3, 0.4) is 0 Å². The number of hydrogen-bond acceptors (Lipinski definition) is 2. The summed E-state index contributed by atoms with van der Waals surface area (Å²) in [5.41, 5.74) is 3.13. The van der Waals surface area contributed by atoms with Gasteiger partial charge in [-0.2, -0.15) is 0 Å². The largest absolute Gasteiger partial charge is 0.469 e. The monoisotopic (exact) mass is 326 g/mol. The average molecular weight is 326 g/mol. The molecule has 0 spiro atoms. The van der Waals surface area contributed by atoms with Crippen molar-refractivity contribution >= 4 is 5.78 Å². The predicted molar refractivity (Wildman–Crippen MR) is 94.7 cm³/mol. The second-order valence-corrected chi connectivity index (χ2v) is 7.67. The fourth-order valence-corrected chi connectivity index (χ4v) is 6.05. The number of hydrogen-bond donors (Lipinski definition) is 0.